The Balaban J connectivity index is 2.46. The molecule has 2 aromatic rings. The quantitative estimate of drug-likeness (QED) is 0.750. The van der Waals surface area contributed by atoms with Gasteiger partial charge in [0.05, 0.1) is 11.6 Å². The van der Waals surface area contributed by atoms with E-state index in [2.05, 4.69) is 33.9 Å². The van der Waals surface area contributed by atoms with E-state index in [4.69, 9.17) is 9.69 Å². The molecule has 0 saturated carbocycles. The lowest BCUT2D eigenvalue weighted by Gasteiger charge is -2.36. The van der Waals surface area contributed by atoms with Crippen molar-refractivity contribution in [2.75, 3.05) is 6.61 Å². The molecule has 1 heterocycles. The van der Waals surface area contributed by atoms with Crippen LogP contribution in [-0.2, 0) is 17.4 Å². The number of aromatic nitrogens is 1. The van der Waals surface area contributed by atoms with Crippen LogP contribution < -0.4 is 0 Å². The van der Waals surface area contributed by atoms with Crippen LogP contribution in [0.3, 0.4) is 0 Å². The fourth-order valence-corrected chi connectivity index (χ4v) is 3.80. The number of fused-ring (bicyclic) bond motifs is 1. The number of carbonyl (C=O) groups is 1. The van der Waals surface area contributed by atoms with Gasteiger partial charge in [0, 0.05) is 12.0 Å². The first-order chi connectivity index (χ1) is 12.0. The summed E-state index contributed by atoms with van der Waals surface area (Å²) < 4.78 is 21.4. The number of nitriles is 1. The molecule has 0 spiro atoms. The third-order valence-electron chi connectivity index (χ3n) is 5.18. The van der Waals surface area contributed by atoms with Crippen molar-refractivity contribution in [3.05, 3.63) is 35.3 Å². The number of hydrogen-bond acceptors (Lipinski definition) is 3. The third kappa shape index (κ3) is 3.81. The highest BCUT2D eigenvalue weighted by Gasteiger charge is 2.37. The average Bonchev–Trinajstić information content (AvgIpc) is 2.80. The number of rotatable bonds is 6. The molecule has 7 heteroatoms. The number of carboxylic acids is 1. The van der Waals surface area contributed by atoms with Gasteiger partial charge in [-0.25, -0.2) is 9.18 Å². The Morgan fingerprint density at radius 2 is 2.04 bits per heavy atom. The second-order valence-corrected chi connectivity index (χ2v) is 12.7. The molecule has 0 unspecified atom stereocenters. The molecule has 1 N–H and O–H groups in total. The van der Waals surface area contributed by atoms with Crippen molar-refractivity contribution < 1.29 is 18.7 Å². The lowest BCUT2D eigenvalue weighted by atomic mass is 10.1. The standard InChI is InChI=1S/C19H25FN2O3Si/c1-19(2,3)26(4,5)25-11-8-14-15-12-13(20)6-7-16(15)22(10-9-21)17(14)18(23)24/h6-7,12H,8,10-11H2,1-5H3,(H,23,24). The van der Waals surface area contributed by atoms with E-state index in [1.165, 1.54) is 22.8 Å². The maximum atomic E-state index is 13.8. The van der Waals surface area contributed by atoms with Crippen LogP contribution in [0.25, 0.3) is 10.9 Å². The molecule has 0 aliphatic rings. The smallest absolute Gasteiger partial charge is 0.352 e. The van der Waals surface area contributed by atoms with Crippen molar-refractivity contribution in [3.8, 4) is 6.07 Å². The van der Waals surface area contributed by atoms with E-state index in [0.29, 0.717) is 29.5 Å². The minimum absolute atomic E-state index is 0.0333. The molecule has 26 heavy (non-hydrogen) atoms. The first kappa shape index (κ1) is 20.1. The minimum atomic E-state index is -1.97. The molecule has 5 nitrogen and oxygen atoms in total. The van der Waals surface area contributed by atoms with Crippen molar-refractivity contribution in [3.63, 3.8) is 0 Å². The summed E-state index contributed by atoms with van der Waals surface area (Å²) >= 11 is 0. The van der Waals surface area contributed by atoms with Gasteiger partial charge in [-0.3, -0.25) is 0 Å². The fourth-order valence-electron chi connectivity index (χ4n) is 2.75. The number of nitrogens with zero attached hydrogens (tertiary/aromatic N) is 2. The zero-order chi connectivity index (χ0) is 19.7. The summed E-state index contributed by atoms with van der Waals surface area (Å²) in [4.78, 5) is 11.8. The zero-order valence-electron chi connectivity index (χ0n) is 15.9. The molecule has 0 bridgehead atoms. The van der Waals surface area contributed by atoms with Crippen LogP contribution >= 0.6 is 0 Å². The lowest BCUT2D eigenvalue weighted by Crippen LogP contribution is -2.41. The van der Waals surface area contributed by atoms with E-state index in [1.54, 1.807) is 0 Å². The number of aromatic carboxylic acids is 1. The molecule has 0 saturated heterocycles. The van der Waals surface area contributed by atoms with E-state index in [9.17, 15) is 14.3 Å². The number of hydrogen-bond donors (Lipinski definition) is 1. The van der Waals surface area contributed by atoms with Gasteiger partial charge in [-0.15, -0.1) is 0 Å². The van der Waals surface area contributed by atoms with Gasteiger partial charge in [0.2, 0.25) is 0 Å². The zero-order valence-corrected chi connectivity index (χ0v) is 16.9. The predicted octanol–water partition coefficient (Wildman–Crippen LogP) is 4.57. The summed E-state index contributed by atoms with van der Waals surface area (Å²) in [6.45, 7) is 10.9. The first-order valence-electron chi connectivity index (χ1n) is 8.54. The maximum Gasteiger partial charge on any atom is 0.352 e. The second kappa shape index (κ2) is 7.21. The molecule has 0 aliphatic heterocycles. The SMILES string of the molecule is CC(C)(C)[Si](C)(C)OCCc1c(C(=O)O)n(CC#N)c2ccc(F)cc12. The Labute approximate surface area is 154 Å². The highest BCUT2D eigenvalue weighted by Crippen LogP contribution is 2.37. The molecule has 0 aliphatic carbocycles. The fraction of sp³-hybridized carbons (Fsp3) is 0.474. The van der Waals surface area contributed by atoms with Crippen LogP contribution in [-0.4, -0.2) is 30.6 Å². The van der Waals surface area contributed by atoms with Crippen molar-refractivity contribution >= 4 is 25.2 Å². The normalized spacial score (nSPS) is 12.3. The van der Waals surface area contributed by atoms with Crippen molar-refractivity contribution in [1.82, 2.24) is 4.57 Å². The predicted molar refractivity (Wildman–Crippen MR) is 101 cm³/mol. The third-order valence-corrected chi connectivity index (χ3v) is 9.72. The van der Waals surface area contributed by atoms with Gasteiger partial charge in [0.25, 0.3) is 0 Å². The van der Waals surface area contributed by atoms with Gasteiger partial charge in [0.1, 0.15) is 18.1 Å². The Bertz CT molecular complexity index is 876. The van der Waals surface area contributed by atoms with Crippen LogP contribution in [0.1, 0.15) is 36.8 Å². The van der Waals surface area contributed by atoms with E-state index >= 15 is 0 Å². The molecule has 2 rings (SSSR count). The monoisotopic (exact) mass is 376 g/mol. The van der Waals surface area contributed by atoms with Crippen LogP contribution in [0.5, 0.6) is 0 Å². The Morgan fingerprint density at radius 1 is 1.38 bits per heavy atom. The largest absolute Gasteiger partial charge is 0.477 e. The summed E-state index contributed by atoms with van der Waals surface area (Å²) in [6.07, 6.45) is 0.354. The van der Waals surface area contributed by atoms with Gasteiger partial charge < -0.3 is 14.1 Å². The lowest BCUT2D eigenvalue weighted by molar-refractivity contribution is 0.0685. The summed E-state index contributed by atoms with van der Waals surface area (Å²) in [5.41, 5.74) is 1.10. The molecule has 1 aromatic heterocycles. The minimum Gasteiger partial charge on any atom is -0.477 e. The van der Waals surface area contributed by atoms with Gasteiger partial charge in [-0.05, 0) is 48.3 Å². The summed E-state index contributed by atoms with van der Waals surface area (Å²) in [5.74, 6) is -1.56. The highest BCUT2D eigenvalue weighted by atomic mass is 28.4. The summed E-state index contributed by atoms with van der Waals surface area (Å²) in [5, 5.41) is 19.3. The molecule has 0 amide bonds. The maximum absolute atomic E-state index is 13.8. The number of benzene rings is 1. The average molecular weight is 377 g/mol. The molecular weight excluding hydrogens is 351 g/mol. The van der Waals surface area contributed by atoms with E-state index in [1.807, 2.05) is 6.07 Å². The van der Waals surface area contributed by atoms with E-state index < -0.39 is 20.1 Å². The van der Waals surface area contributed by atoms with Crippen LogP contribution in [0.2, 0.25) is 18.1 Å². The van der Waals surface area contributed by atoms with Gasteiger partial charge in [-0.1, -0.05) is 20.8 Å². The van der Waals surface area contributed by atoms with Crippen molar-refractivity contribution in [2.24, 2.45) is 0 Å². The number of carboxylic acid groups (broad SMARTS) is 1. The van der Waals surface area contributed by atoms with Crippen LogP contribution in [0.15, 0.2) is 18.2 Å². The Kier molecular flexibility index (Phi) is 5.59. The van der Waals surface area contributed by atoms with E-state index in [-0.39, 0.29) is 17.3 Å². The number of halogens is 1. The topological polar surface area (TPSA) is 75.2 Å². The van der Waals surface area contributed by atoms with Crippen LogP contribution in [0, 0.1) is 17.1 Å². The first-order valence-corrected chi connectivity index (χ1v) is 11.4. The second-order valence-electron chi connectivity index (χ2n) is 7.90. The molecule has 0 fully saturated rings. The summed E-state index contributed by atoms with van der Waals surface area (Å²) in [6, 6.07) is 6.11. The molecular formula is C19H25FN2O3Si. The molecule has 1 aromatic carbocycles. The Hall–Kier alpha value is -2.17. The molecule has 0 atom stereocenters. The van der Waals surface area contributed by atoms with Gasteiger partial charge in [0.15, 0.2) is 8.32 Å². The van der Waals surface area contributed by atoms with Crippen molar-refractivity contribution in [1.29, 1.82) is 5.26 Å². The molecule has 0 radical (unpaired) electrons. The van der Waals surface area contributed by atoms with Crippen molar-refractivity contribution in [2.45, 2.75) is 51.9 Å². The highest BCUT2D eigenvalue weighted by molar-refractivity contribution is 6.74. The summed E-state index contributed by atoms with van der Waals surface area (Å²) in [7, 11) is -1.97. The van der Waals surface area contributed by atoms with E-state index in [0.717, 1.165) is 0 Å². The Morgan fingerprint density at radius 3 is 2.58 bits per heavy atom. The molecule has 140 valence electrons. The van der Waals surface area contributed by atoms with Crippen LogP contribution in [0.4, 0.5) is 4.39 Å². The van der Waals surface area contributed by atoms with Gasteiger partial charge in [-0.2, -0.15) is 5.26 Å². The van der Waals surface area contributed by atoms with Gasteiger partial charge >= 0.3 is 5.97 Å².